The van der Waals surface area contributed by atoms with Crippen molar-refractivity contribution in [1.29, 1.82) is 0 Å². The maximum atomic E-state index is 16.1. The molecule has 13 amide bonds. The summed E-state index contributed by atoms with van der Waals surface area (Å²) in [6.45, 7) is -2.74. The number of nitrogens with one attached hydrogen (secondary N) is 10. The van der Waals surface area contributed by atoms with E-state index in [1.54, 1.807) is 0 Å². The molecule has 0 radical (unpaired) electrons. The van der Waals surface area contributed by atoms with Crippen LogP contribution in [-0.2, 0) is 132 Å². The smallest absolute Gasteiger partial charge is 0.306 e. The zero-order chi connectivity index (χ0) is 105. The van der Waals surface area contributed by atoms with Crippen LogP contribution in [0, 0.1) is 11.6 Å². The Kier molecular flexibility index (Phi) is 56.2. The van der Waals surface area contributed by atoms with E-state index in [1.165, 1.54) is 44.2 Å². The highest BCUT2D eigenvalue weighted by atomic mass is 32.1. The lowest BCUT2D eigenvalue weighted by Gasteiger charge is -2.25. The van der Waals surface area contributed by atoms with Crippen molar-refractivity contribution in [3.63, 3.8) is 0 Å². The van der Waals surface area contributed by atoms with Crippen molar-refractivity contribution < 1.29 is 204 Å². The van der Waals surface area contributed by atoms with Crippen molar-refractivity contribution in [2.75, 3.05) is 205 Å². The lowest BCUT2D eigenvalue weighted by molar-refractivity contribution is -0.148. The van der Waals surface area contributed by atoms with Crippen LogP contribution < -0.4 is 72.1 Å². The van der Waals surface area contributed by atoms with Gasteiger partial charge in [-0.2, -0.15) is 0 Å². The van der Waals surface area contributed by atoms with Gasteiger partial charge in [-0.1, -0.05) is 0 Å². The first-order valence-electron chi connectivity index (χ1n) is 45.7. The Morgan fingerprint density at radius 3 is 1.47 bits per heavy atom. The van der Waals surface area contributed by atoms with Crippen LogP contribution in [0.3, 0.4) is 0 Å². The van der Waals surface area contributed by atoms with E-state index in [9.17, 15) is 117 Å². The SMILES string of the molecule is [3H]C1CC(=O)N(CC(=O)N[C@@H](CCC(=O)NC[C@H](C)OC(=O)CCC(=O)c2cc3c(F)c(OCCCOc4c(OC)cc5c(c4F)CN(C(=O)CCC(=O)O)C5)c(OC)cc3s2)C(=O)NCC(=O)NCC(=O)NCC(=O)NCC(=O)NCCOCCOCCOCCOCCOCCOCCOCCOCCC(=O)N[C@@H](CCC(=O)NC[C@H](O)[C@@H](O)[C@H](O)[C@H](O)CO)C(=O)NC[C@H](O)[C@@H](O)C(=O)[C@H](O)CO)C1=O. The van der Waals surface area contributed by atoms with Crippen molar-refractivity contribution in [3.8, 4) is 23.0 Å². The average Bonchev–Trinajstić information content (AvgIpc) is 1.64. The standard InChI is InChI=1S/C87H128F2N12O40S/c1-50(141-77(122)14-7-56(104)64-36-52-63(142-64)37-62(130-3)85(78(52)88)140-18-4-17-139-84-61(129-2)35-51-45-100(46-53(51)79(84)89)73(117)12-13-76(120)121)38-91-65(109)8-6-55(99-72(116)47-101-74(118)10-11-75(101)119)87(128)97-44-71(115)95-43-70(114)94-42-69(113)93-41-68(112)90-16-20-132-22-24-134-26-28-136-30-32-138-34-33-137-31-29-135-27-25-133-23-21-131-19-15-67(111)98-54(86(127)96-40-58(106)81(124)83(126)60(108)49-103)5-9-66(110)92-39-57(105)80(123)82(125)59(107)48-102/h35-37,50,54-55,57-60,80-82,102-103,105-108,123-125H,4-34,38-49H2,1-3H3,(H,90,112)(H,91,109)(H,92,110)(H,93,113)(H,94,114)(H,95,115)(H,96,127)(H,97,128)(H,98,111)(H,99,116)(H,120,121)/t50-,54-,55-,57-,58-,59+,60+,80+,81+,82+/m0/s1/i10T/t10?,50-,54-,55-,57-,58-,59+,60+,80+,81+,82+. The lowest BCUT2D eigenvalue weighted by atomic mass is 10.0. The molecule has 3 aromatic rings. The summed E-state index contributed by atoms with van der Waals surface area (Å²) in [4.78, 5) is 216. The number of nitrogens with zero attached hydrogens (tertiary/aromatic N) is 2. The van der Waals surface area contributed by atoms with E-state index in [1.807, 2.05) is 0 Å². The molecule has 11 atom stereocenters. The summed E-state index contributed by atoms with van der Waals surface area (Å²) >= 11 is 0.923. The van der Waals surface area contributed by atoms with E-state index in [2.05, 4.69) is 53.2 Å². The number of aliphatic hydroxyl groups is 9. The molecule has 1 aromatic heterocycles. The molecule has 0 saturated carbocycles. The summed E-state index contributed by atoms with van der Waals surface area (Å²) in [6, 6.07) is 1.23. The number of rotatable bonds is 77. The number of thiophene rings is 1. The van der Waals surface area contributed by atoms with Crippen LogP contribution in [0.25, 0.3) is 10.1 Å². The maximum Gasteiger partial charge on any atom is 0.306 e. The normalized spacial score (nSPS) is 15.0. The Morgan fingerprint density at radius 2 is 0.958 bits per heavy atom. The maximum absolute atomic E-state index is 16.1. The van der Waals surface area contributed by atoms with E-state index in [0.717, 1.165) is 11.3 Å². The third-order valence-corrected chi connectivity index (χ3v) is 21.6. The van der Waals surface area contributed by atoms with E-state index in [-0.39, 0.29) is 209 Å². The number of carboxylic acids is 1. The number of aliphatic carboxylic acids is 1. The van der Waals surface area contributed by atoms with Gasteiger partial charge in [0.05, 0.1) is 203 Å². The first-order valence-corrected chi connectivity index (χ1v) is 45.9. The van der Waals surface area contributed by atoms with Gasteiger partial charge < -0.3 is 171 Å². The second kappa shape index (κ2) is 67.0. The number of carbonyl (C=O) groups is 17. The number of fused-ring (bicyclic) bond motifs is 2. The molecule has 20 N–H and O–H groups in total. The van der Waals surface area contributed by atoms with Gasteiger partial charge in [-0.25, -0.2) is 8.78 Å². The fourth-order valence-electron chi connectivity index (χ4n) is 12.7. The summed E-state index contributed by atoms with van der Waals surface area (Å²) in [5.74, 6) is -16.7. The van der Waals surface area contributed by atoms with E-state index < -0.39 is 270 Å². The fourth-order valence-corrected chi connectivity index (χ4v) is 13.8. The van der Waals surface area contributed by atoms with Crippen LogP contribution >= 0.6 is 11.3 Å². The number of methoxy groups -OCH3 is 2. The number of carboxylic acid groups (broad SMARTS) is 1. The van der Waals surface area contributed by atoms with Crippen LogP contribution in [0.4, 0.5) is 8.78 Å². The molecular formula is C87H128F2N12O40S. The number of carbonyl (C=O) groups excluding carboxylic acids is 16. The molecule has 1 saturated heterocycles. The Balaban J connectivity index is 0.850. The molecule has 796 valence electrons. The molecule has 3 heterocycles. The Bertz CT molecular complexity index is 4670. The summed E-state index contributed by atoms with van der Waals surface area (Å²) in [7, 11) is 2.58. The number of aliphatic hydroxyl groups excluding tert-OH is 9. The zero-order valence-corrected chi connectivity index (χ0v) is 79.4. The largest absolute Gasteiger partial charge is 0.493 e. The number of likely N-dealkylation sites (tertiary alicyclic amines) is 1. The number of Topliss-reactive ketones (excluding diaryl/α,β-unsaturated/α-hetero) is 2. The second-order valence-corrected chi connectivity index (χ2v) is 32.5. The highest BCUT2D eigenvalue weighted by molar-refractivity contribution is 7.20. The minimum atomic E-state index is -2.21. The summed E-state index contributed by atoms with van der Waals surface area (Å²) in [6.07, 6.45) is -20.1. The molecule has 0 aliphatic carbocycles. The number of imide groups is 1. The molecule has 52 nitrogen and oxygen atoms in total. The van der Waals surface area contributed by atoms with Gasteiger partial charge >= 0.3 is 11.9 Å². The number of hydrogen-bond acceptors (Lipinski definition) is 40. The molecule has 55 heteroatoms. The van der Waals surface area contributed by atoms with Crippen LogP contribution in [0.15, 0.2) is 18.2 Å². The van der Waals surface area contributed by atoms with Gasteiger partial charge in [0.15, 0.2) is 46.2 Å². The minimum absolute atomic E-state index is 0.00672. The van der Waals surface area contributed by atoms with Crippen molar-refractivity contribution in [2.24, 2.45) is 0 Å². The minimum Gasteiger partial charge on any atom is -0.493 e. The quantitative estimate of drug-likeness (QED) is 0.0108. The number of ketones is 2. The molecule has 0 spiro atoms. The molecule has 142 heavy (non-hydrogen) atoms. The van der Waals surface area contributed by atoms with Gasteiger partial charge in [-0.15, -0.1) is 11.3 Å². The average molecular weight is 2050 g/mol. The van der Waals surface area contributed by atoms with E-state index in [4.69, 9.17) is 78.3 Å². The van der Waals surface area contributed by atoms with Gasteiger partial charge in [0.25, 0.3) is 0 Å². The highest BCUT2D eigenvalue weighted by Crippen LogP contribution is 2.42. The van der Waals surface area contributed by atoms with Crippen molar-refractivity contribution in [1.82, 2.24) is 63.0 Å². The number of benzene rings is 2. The third-order valence-electron chi connectivity index (χ3n) is 20.5. The van der Waals surface area contributed by atoms with Crippen molar-refractivity contribution in [2.45, 2.75) is 158 Å². The van der Waals surface area contributed by atoms with Crippen LogP contribution in [0.5, 0.6) is 23.0 Å². The molecule has 1 unspecified atom stereocenters. The Morgan fingerprint density at radius 1 is 0.479 bits per heavy atom. The molecular weight excluding hydrogens is 1920 g/mol. The zero-order valence-electron chi connectivity index (χ0n) is 79.6. The third kappa shape index (κ3) is 45.3. The fraction of sp³-hybridized carbons (Fsp3) is 0.644. The Hall–Kier alpha value is -11.6. The Labute approximate surface area is 817 Å². The van der Waals surface area contributed by atoms with Crippen molar-refractivity contribution >= 4 is 122 Å². The van der Waals surface area contributed by atoms with Crippen molar-refractivity contribution in [3.05, 3.63) is 45.8 Å². The molecule has 0 bridgehead atoms. The molecule has 2 aliphatic rings. The summed E-state index contributed by atoms with van der Waals surface area (Å²) < 4.78 is 111. The number of hydrogen-bond donors (Lipinski definition) is 20. The van der Waals surface area contributed by atoms with E-state index in [0.29, 0.717) is 28.4 Å². The topological polar surface area (TPSA) is 739 Å². The first kappa shape index (κ1) is 119. The number of halogens is 2. The molecule has 2 aromatic carbocycles. The van der Waals surface area contributed by atoms with Crippen LogP contribution in [0.1, 0.15) is 106 Å². The second-order valence-electron chi connectivity index (χ2n) is 31.4. The number of amides is 13. The lowest BCUT2D eigenvalue weighted by Crippen LogP contribution is -2.52. The van der Waals surface area contributed by atoms with Gasteiger partial charge in [0.1, 0.15) is 61.4 Å². The highest BCUT2D eigenvalue weighted by Gasteiger charge is 2.37. The van der Waals surface area contributed by atoms with Gasteiger partial charge in [-0.3, -0.25) is 86.4 Å². The monoisotopic (exact) mass is 2050 g/mol. The summed E-state index contributed by atoms with van der Waals surface area (Å²) in [5, 5.41) is 119. The molecule has 5 rings (SSSR count). The summed E-state index contributed by atoms with van der Waals surface area (Å²) in [5.41, 5.74) is 0.657. The predicted octanol–water partition coefficient (Wildman–Crippen LogP) is -8.14. The number of ether oxygens (including phenoxy) is 13. The van der Waals surface area contributed by atoms with Gasteiger partial charge in [0.2, 0.25) is 76.8 Å². The van der Waals surface area contributed by atoms with Gasteiger partial charge in [0, 0.05) is 107 Å². The molecule has 2 aliphatic heterocycles. The van der Waals surface area contributed by atoms with Crippen LogP contribution in [0.2, 0.25) is 0 Å². The molecule has 1 fully saturated rings. The van der Waals surface area contributed by atoms with Gasteiger partial charge in [-0.05, 0) is 37.5 Å². The predicted molar refractivity (Wildman–Crippen MR) is 482 cm³/mol. The first-order chi connectivity index (χ1) is 68.3. The van der Waals surface area contributed by atoms with Crippen LogP contribution in [-0.4, -0.2) is 427 Å². The van der Waals surface area contributed by atoms with E-state index >= 15 is 8.78 Å². The number of esters is 1.